The summed E-state index contributed by atoms with van der Waals surface area (Å²) >= 11 is 6.00. The first-order valence-corrected chi connectivity index (χ1v) is 5.74. The van der Waals surface area contributed by atoms with Gasteiger partial charge in [0.15, 0.2) is 0 Å². The molecule has 0 spiro atoms. The maximum Gasteiger partial charge on any atom is 0.0992 e. The molecule has 1 aromatic rings. The van der Waals surface area contributed by atoms with Crippen molar-refractivity contribution in [2.45, 2.75) is 20.8 Å². The molecule has 0 unspecified atom stereocenters. The fourth-order valence-corrected chi connectivity index (χ4v) is 1.36. The number of hydrogen-bond acceptors (Lipinski definition) is 2. The summed E-state index contributed by atoms with van der Waals surface area (Å²) in [6.07, 6.45) is 0. The van der Waals surface area contributed by atoms with Crippen molar-refractivity contribution in [1.82, 2.24) is 0 Å². The van der Waals surface area contributed by atoms with Gasteiger partial charge in [0.25, 0.3) is 0 Å². The Labute approximate surface area is 108 Å². The monoisotopic (exact) mass is 246 g/mol. The molecule has 0 aliphatic rings. The van der Waals surface area contributed by atoms with Crippen molar-refractivity contribution in [1.29, 1.82) is 5.26 Å². The molecule has 0 saturated heterocycles. The number of nitrogens with one attached hydrogen (secondary N) is 1. The van der Waals surface area contributed by atoms with Crippen LogP contribution in [0.1, 0.15) is 26.3 Å². The first kappa shape index (κ1) is 13.4. The van der Waals surface area contributed by atoms with Crippen molar-refractivity contribution in [3.05, 3.63) is 28.8 Å². The van der Waals surface area contributed by atoms with Crippen LogP contribution in [-0.2, 0) is 0 Å². The topological polar surface area (TPSA) is 35.8 Å². The van der Waals surface area contributed by atoms with Gasteiger partial charge in [0.05, 0.1) is 28.9 Å². The van der Waals surface area contributed by atoms with Crippen molar-refractivity contribution in [2.75, 3.05) is 11.9 Å². The number of halogens is 1. The third-order valence-electron chi connectivity index (χ3n) is 1.93. The van der Waals surface area contributed by atoms with E-state index in [0.29, 0.717) is 17.1 Å². The third kappa shape index (κ3) is 4.81. The summed E-state index contributed by atoms with van der Waals surface area (Å²) in [6.45, 7) is 6.70. The van der Waals surface area contributed by atoms with E-state index < -0.39 is 0 Å². The van der Waals surface area contributed by atoms with Crippen LogP contribution in [0.3, 0.4) is 0 Å². The summed E-state index contributed by atoms with van der Waals surface area (Å²) < 4.78 is 0. The molecule has 88 valence electrons. The molecule has 1 rings (SSSR count). The van der Waals surface area contributed by atoms with Gasteiger partial charge < -0.3 is 5.32 Å². The largest absolute Gasteiger partial charge is 0.373 e. The fraction of sp³-hybridized carbons (Fsp3) is 0.357. The Balaban J connectivity index is 2.69. The van der Waals surface area contributed by atoms with Crippen LogP contribution in [-0.4, -0.2) is 6.54 Å². The third-order valence-corrected chi connectivity index (χ3v) is 2.26. The number of hydrogen-bond donors (Lipinski definition) is 1. The highest BCUT2D eigenvalue weighted by Gasteiger charge is 2.03. The van der Waals surface area contributed by atoms with Crippen LogP contribution < -0.4 is 5.32 Å². The van der Waals surface area contributed by atoms with Gasteiger partial charge >= 0.3 is 0 Å². The zero-order valence-electron chi connectivity index (χ0n) is 10.3. The van der Waals surface area contributed by atoms with E-state index in [1.807, 2.05) is 0 Å². The molecule has 0 aliphatic carbocycles. The van der Waals surface area contributed by atoms with Gasteiger partial charge in [-0.15, -0.1) is 0 Å². The smallest absolute Gasteiger partial charge is 0.0992 e. The highest BCUT2D eigenvalue weighted by Crippen LogP contribution is 2.22. The van der Waals surface area contributed by atoms with E-state index in [4.69, 9.17) is 16.9 Å². The van der Waals surface area contributed by atoms with Crippen molar-refractivity contribution < 1.29 is 0 Å². The molecule has 0 amide bonds. The molecule has 0 bridgehead atoms. The van der Waals surface area contributed by atoms with Crippen LogP contribution in [0.4, 0.5) is 5.69 Å². The molecule has 0 heterocycles. The Morgan fingerprint density at radius 3 is 2.65 bits per heavy atom. The summed E-state index contributed by atoms with van der Waals surface area (Å²) in [5.74, 6) is 6.16. The Hall–Kier alpha value is -1.64. The number of nitrogens with zero attached hydrogens (tertiary/aromatic N) is 1. The molecule has 0 radical (unpaired) electrons. The average molecular weight is 247 g/mol. The van der Waals surface area contributed by atoms with E-state index >= 15 is 0 Å². The SMILES string of the molecule is CC(C)(C)C#CCNc1cc(C#N)ccc1Cl. The van der Waals surface area contributed by atoms with Gasteiger partial charge in [-0.05, 0) is 39.0 Å². The fourth-order valence-electron chi connectivity index (χ4n) is 1.18. The predicted octanol–water partition coefficient (Wildman–Crippen LogP) is 3.67. The van der Waals surface area contributed by atoms with E-state index in [9.17, 15) is 0 Å². The highest BCUT2D eigenvalue weighted by molar-refractivity contribution is 6.33. The zero-order chi connectivity index (χ0) is 12.9. The van der Waals surface area contributed by atoms with Crippen molar-refractivity contribution >= 4 is 17.3 Å². The molecular formula is C14H15ClN2. The molecule has 0 atom stereocenters. The van der Waals surface area contributed by atoms with E-state index in [-0.39, 0.29) is 5.41 Å². The molecule has 0 aliphatic heterocycles. The van der Waals surface area contributed by atoms with Crippen molar-refractivity contribution in [3.63, 3.8) is 0 Å². The average Bonchev–Trinajstić information content (AvgIpc) is 2.25. The van der Waals surface area contributed by atoms with Gasteiger partial charge in [0.1, 0.15) is 0 Å². The van der Waals surface area contributed by atoms with Crippen LogP contribution in [0.2, 0.25) is 5.02 Å². The summed E-state index contributed by atoms with van der Waals surface area (Å²) in [4.78, 5) is 0. The number of benzene rings is 1. The van der Waals surface area contributed by atoms with Crippen LogP contribution >= 0.6 is 11.6 Å². The van der Waals surface area contributed by atoms with Gasteiger partial charge in [-0.3, -0.25) is 0 Å². The summed E-state index contributed by atoms with van der Waals surface area (Å²) in [7, 11) is 0. The quantitative estimate of drug-likeness (QED) is 0.809. The number of anilines is 1. The molecule has 2 nitrogen and oxygen atoms in total. The summed E-state index contributed by atoms with van der Waals surface area (Å²) in [6, 6.07) is 7.19. The minimum Gasteiger partial charge on any atom is -0.373 e. The maximum atomic E-state index is 8.78. The normalized spacial score (nSPS) is 10.1. The van der Waals surface area contributed by atoms with Crippen molar-refractivity contribution in [2.24, 2.45) is 5.41 Å². The van der Waals surface area contributed by atoms with E-state index in [0.717, 1.165) is 5.69 Å². The van der Waals surface area contributed by atoms with Gasteiger partial charge in [0.2, 0.25) is 0 Å². The molecule has 0 fully saturated rings. The lowest BCUT2D eigenvalue weighted by Crippen LogP contribution is -2.03. The standard InChI is InChI=1S/C14H15ClN2/c1-14(2,3)7-4-8-17-13-9-11(10-16)5-6-12(13)15/h5-6,9,17H,8H2,1-3H3. The second kappa shape index (κ2) is 5.62. The lowest BCUT2D eigenvalue weighted by Gasteiger charge is -2.08. The Bertz CT molecular complexity index is 496. The first-order valence-electron chi connectivity index (χ1n) is 5.36. The Morgan fingerprint density at radius 2 is 2.06 bits per heavy atom. The second-order valence-corrected chi connectivity index (χ2v) is 5.12. The predicted molar refractivity (Wildman–Crippen MR) is 71.9 cm³/mol. The lowest BCUT2D eigenvalue weighted by molar-refractivity contribution is 0.570. The molecule has 0 saturated carbocycles. The number of rotatable bonds is 2. The number of nitriles is 1. The Morgan fingerprint density at radius 1 is 1.35 bits per heavy atom. The van der Waals surface area contributed by atoms with Crippen LogP contribution in [0.25, 0.3) is 0 Å². The minimum atomic E-state index is -0.0000229. The van der Waals surface area contributed by atoms with Crippen LogP contribution in [0.15, 0.2) is 18.2 Å². The summed E-state index contributed by atoms with van der Waals surface area (Å²) in [5.41, 5.74) is 1.33. The van der Waals surface area contributed by atoms with Crippen molar-refractivity contribution in [3.8, 4) is 17.9 Å². The second-order valence-electron chi connectivity index (χ2n) is 4.71. The molecule has 3 heteroatoms. The van der Waals surface area contributed by atoms with Crippen LogP contribution in [0, 0.1) is 28.6 Å². The van der Waals surface area contributed by atoms with Gasteiger partial charge in [0, 0.05) is 5.41 Å². The van der Waals surface area contributed by atoms with Gasteiger partial charge in [-0.2, -0.15) is 5.26 Å². The highest BCUT2D eigenvalue weighted by atomic mass is 35.5. The lowest BCUT2D eigenvalue weighted by atomic mass is 9.98. The summed E-state index contributed by atoms with van der Waals surface area (Å²) in [5, 5.41) is 12.5. The van der Waals surface area contributed by atoms with Crippen LogP contribution in [0.5, 0.6) is 0 Å². The molecular weight excluding hydrogens is 232 g/mol. The molecule has 1 aromatic carbocycles. The molecule has 17 heavy (non-hydrogen) atoms. The zero-order valence-corrected chi connectivity index (χ0v) is 11.0. The first-order chi connectivity index (χ1) is 7.92. The molecule has 1 N–H and O–H groups in total. The maximum absolute atomic E-state index is 8.78. The minimum absolute atomic E-state index is 0.0000229. The van der Waals surface area contributed by atoms with E-state index in [2.05, 4.69) is 44.0 Å². The van der Waals surface area contributed by atoms with Gasteiger partial charge in [-0.1, -0.05) is 23.4 Å². The molecule has 0 aromatic heterocycles. The van der Waals surface area contributed by atoms with E-state index in [1.165, 1.54) is 0 Å². The van der Waals surface area contributed by atoms with E-state index in [1.54, 1.807) is 18.2 Å². The van der Waals surface area contributed by atoms with Gasteiger partial charge in [-0.25, -0.2) is 0 Å². The Kier molecular flexibility index (Phi) is 4.44.